The lowest BCUT2D eigenvalue weighted by Gasteiger charge is -2.34. The predicted octanol–water partition coefficient (Wildman–Crippen LogP) is 3.18. The number of nitrogens with zero attached hydrogens (tertiary/aromatic N) is 4. The largest absolute Gasteiger partial charge is 0.457 e. The molecule has 8 nitrogen and oxygen atoms in total. The van der Waals surface area contributed by atoms with Crippen molar-refractivity contribution >= 4 is 40.8 Å². The molecule has 9 heteroatoms. The first kappa shape index (κ1) is 25.6. The van der Waals surface area contributed by atoms with Gasteiger partial charge in [-0.3, -0.25) is 19.4 Å². The van der Waals surface area contributed by atoms with Crippen molar-refractivity contribution in [1.82, 2.24) is 14.7 Å². The minimum absolute atomic E-state index is 0.0439. The van der Waals surface area contributed by atoms with E-state index in [1.54, 1.807) is 24.0 Å². The van der Waals surface area contributed by atoms with E-state index >= 15 is 0 Å². The Balaban J connectivity index is 1.21. The summed E-state index contributed by atoms with van der Waals surface area (Å²) in [5, 5.41) is 0.523. The molecule has 0 unspecified atom stereocenters. The van der Waals surface area contributed by atoms with Gasteiger partial charge < -0.3 is 14.5 Å². The summed E-state index contributed by atoms with van der Waals surface area (Å²) in [7, 11) is 0. The number of anilines is 1. The lowest BCUT2D eigenvalue weighted by molar-refractivity contribution is -0.130. The molecule has 190 valence electrons. The second kappa shape index (κ2) is 10.6. The molecule has 0 radical (unpaired) electrons. The zero-order chi connectivity index (χ0) is 25.2. The van der Waals surface area contributed by atoms with Crippen LogP contribution in [-0.4, -0.2) is 82.4 Å². The van der Waals surface area contributed by atoms with Crippen LogP contribution >= 0.6 is 12.2 Å². The van der Waals surface area contributed by atoms with Gasteiger partial charge in [0.1, 0.15) is 12.1 Å². The number of thiocarbonyl (C=S) groups is 1. The topological polar surface area (TPSA) is 73.4 Å². The van der Waals surface area contributed by atoms with E-state index in [1.807, 2.05) is 29.7 Å². The van der Waals surface area contributed by atoms with Crippen LogP contribution < -0.4 is 4.90 Å². The van der Waals surface area contributed by atoms with Gasteiger partial charge in [-0.15, -0.1) is 0 Å². The Kier molecular flexibility index (Phi) is 7.76. The van der Waals surface area contributed by atoms with Crippen molar-refractivity contribution in [3.63, 3.8) is 0 Å². The molecule has 35 heavy (non-hydrogen) atoms. The molecule has 2 amide bonds. The van der Waals surface area contributed by atoms with E-state index in [4.69, 9.17) is 17.0 Å². The van der Waals surface area contributed by atoms with Crippen molar-refractivity contribution in [2.24, 2.45) is 0 Å². The Morgan fingerprint density at radius 1 is 1.00 bits per heavy atom. The number of unbranched alkanes of at least 4 members (excludes halogenated alkanes) is 4. The van der Waals surface area contributed by atoms with Gasteiger partial charge in [0.05, 0.1) is 11.3 Å². The highest BCUT2D eigenvalue weighted by atomic mass is 32.1. The third-order valence-corrected chi connectivity index (χ3v) is 7.83. The first-order chi connectivity index (χ1) is 16.7. The van der Waals surface area contributed by atoms with E-state index in [2.05, 4.69) is 4.90 Å². The Labute approximate surface area is 213 Å². The molecule has 0 saturated carbocycles. The molecule has 0 N–H and O–H groups in total. The second-order valence-corrected chi connectivity index (χ2v) is 10.5. The van der Waals surface area contributed by atoms with Gasteiger partial charge in [0.25, 0.3) is 5.91 Å². The first-order valence-electron chi connectivity index (χ1n) is 12.6. The molecule has 2 fully saturated rings. The number of ether oxygens (including phenoxy) is 1. The Bertz CT molecular complexity index is 1000. The molecule has 3 aliphatic rings. The first-order valence-corrected chi connectivity index (χ1v) is 13.0. The van der Waals surface area contributed by atoms with Crippen molar-refractivity contribution in [3.8, 4) is 0 Å². The second-order valence-electron chi connectivity index (χ2n) is 10.2. The lowest BCUT2D eigenvalue weighted by Crippen LogP contribution is -2.48. The van der Waals surface area contributed by atoms with Gasteiger partial charge in [-0.25, -0.2) is 4.79 Å². The number of rotatable bonds is 9. The monoisotopic (exact) mass is 500 g/mol. The molecule has 0 aliphatic carbocycles. The van der Waals surface area contributed by atoms with E-state index in [0.717, 1.165) is 64.1 Å². The summed E-state index contributed by atoms with van der Waals surface area (Å²) >= 11 is 5.74. The van der Waals surface area contributed by atoms with Gasteiger partial charge in [-0.05, 0) is 63.7 Å². The maximum atomic E-state index is 13.3. The molecule has 2 saturated heterocycles. The number of piperazine rings is 1. The molecular weight excluding hydrogens is 464 g/mol. The van der Waals surface area contributed by atoms with Crippen molar-refractivity contribution in [2.45, 2.75) is 65.0 Å². The van der Waals surface area contributed by atoms with Crippen LogP contribution in [0.15, 0.2) is 18.2 Å². The molecule has 3 aliphatic heterocycles. The number of carbonyl (C=O) groups excluding carboxylic acids is 3. The van der Waals surface area contributed by atoms with Crippen molar-refractivity contribution in [1.29, 1.82) is 0 Å². The summed E-state index contributed by atoms with van der Waals surface area (Å²) in [6.45, 7) is 11.2. The average molecular weight is 501 g/mol. The minimum atomic E-state index is -0.704. The fourth-order valence-corrected chi connectivity index (χ4v) is 5.63. The van der Waals surface area contributed by atoms with Gasteiger partial charge in [0.2, 0.25) is 5.91 Å². The summed E-state index contributed by atoms with van der Waals surface area (Å²) < 4.78 is 5.09. The van der Waals surface area contributed by atoms with Crippen LogP contribution in [0.3, 0.4) is 0 Å². The quantitative estimate of drug-likeness (QED) is 0.293. The molecule has 1 aromatic carbocycles. The van der Waals surface area contributed by atoms with Gasteiger partial charge in [-0.1, -0.05) is 19.3 Å². The number of hydrogen-bond acceptors (Lipinski definition) is 6. The number of carbonyl (C=O) groups is 3. The van der Waals surface area contributed by atoms with E-state index in [1.165, 1.54) is 12.8 Å². The van der Waals surface area contributed by atoms with Crippen LogP contribution in [0, 0.1) is 0 Å². The highest BCUT2D eigenvalue weighted by Crippen LogP contribution is 2.34. The molecular formula is C26H36N4O4S. The summed E-state index contributed by atoms with van der Waals surface area (Å²) in [5.41, 5.74) is 1.34. The Morgan fingerprint density at radius 2 is 1.66 bits per heavy atom. The minimum Gasteiger partial charge on any atom is -0.457 e. The number of benzene rings is 1. The molecule has 3 heterocycles. The van der Waals surface area contributed by atoms with Crippen LogP contribution in [0.5, 0.6) is 0 Å². The van der Waals surface area contributed by atoms with Crippen molar-refractivity contribution in [3.05, 3.63) is 29.3 Å². The van der Waals surface area contributed by atoms with E-state index < -0.39 is 5.54 Å². The van der Waals surface area contributed by atoms with Gasteiger partial charge in [0.15, 0.2) is 5.11 Å². The van der Waals surface area contributed by atoms with E-state index in [0.29, 0.717) is 16.4 Å². The maximum absolute atomic E-state index is 13.3. The summed E-state index contributed by atoms with van der Waals surface area (Å²) in [5.74, 6) is -0.189. The highest BCUT2D eigenvalue weighted by Gasteiger charge is 2.49. The molecule has 4 rings (SSSR count). The standard InChI is InChI=1S/C26H36N4O4S/c1-19(31)28-15-13-27(14-16-28)11-7-5-4-6-8-12-29-25(35)30(24(33)26(29,2)3)21-9-10-22-20(17-21)18-34-23(22)32/h9-10,17H,4-8,11-16,18H2,1-3H3. The zero-order valence-corrected chi connectivity index (χ0v) is 21.9. The van der Waals surface area contributed by atoms with Crippen LogP contribution in [0.25, 0.3) is 0 Å². The normalized spacial score (nSPS) is 20.0. The number of fused-ring (bicyclic) bond motifs is 1. The Morgan fingerprint density at radius 3 is 2.34 bits per heavy atom. The van der Waals surface area contributed by atoms with Crippen LogP contribution in [0.2, 0.25) is 0 Å². The predicted molar refractivity (Wildman–Crippen MR) is 138 cm³/mol. The SMILES string of the molecule is CC(=O)N1CCN(CCCCCCCN2C(=S)N(c3ccc4c(c3)COC4=O)C(=O)C2(C)C)CC1. The molecule has 0 spiro atoms. The fraction of sp³-hybridized carbons (Fsp3) is 0.615. The summed E-state index contributed by atoms with van der Waals surface area (Å²) in [6, 6.07) is 5.33. The smallest absolute Gasteiger partial charge is 0.338 e. The fourth-order valence-electron chi connectivity index (χ4n) is 5.12. The van der Waals surface area contributed by atoms with Gasteiger partial charge >= 0.3 is 5.97 Å². The van der Waals surface area contributed by atoms with Gasteiger partial charge in [-0.2, -0.15) is 0 Å². The van der Waals surface area contributed by atoms with E-state index in [9.17, 15) is 14.4 Å². The summed E-state index contributed by atoms with van der Waals surface area (Å²) in [4.78, 5) is 44.5. The average Bonchev–Trinajstić information content (AvgIpc) is 3.28. The van der Waals surface area contributed by atoms with Crippen LogP contribution in [0.4, 0.5) is 5.69 Å². The lowest BCUT2D eigenvalue weighted by atomic mass is 10.0. The molecule has 0 atom stereocenters. The Hall–Kier alpha value is -2.52. The van der Waals surface area contributed by atoms with E-state index in [-0.39, 0.29) is 24.4 Å². The molecule has 1 aromatic rings. The zero-order valence-electron chi connectivity index (χ0n) is 21.0. The van der Waals surface area contributed by atoms with Crippen LogP contribution in [-0.2, 0) is 20.9 Å². The third kappa shape index (κ3) is 5.35. The molecule has 0 aromatic heterocycles. The van der Waals surface area contributed by atoms with Crippen LogP contribution in [0.1, 0.15) is 68.8 Å². The number of esters is 1. The summed E-state index contributed by atoms with van der Waals surface area (Å²) in [6.07, 6.45) is 5.59. The number of hydrogen-bond donors (Lipinski definition) is 0. The number of amides is 2. The maximum Gasteiger partial charge on any atom is 0.338 e. The van der Waals surface area contributed by atoms with Gasteiger partial charge in [0, 0.05) is 45.2 Å². The highest BCUT2D eigenvalue weighted by molar-refractivity contribution is 7.80. The van der Waals surface area contributed by atoms with Crippen molar-refractivity contribution < 1.29 is 19.1 Å². The number of cyclic esters (lactones) is 1. The van der Waals surface area contributed by atoms with Crippen molar-refractivity contribution in [2.75, 3.05) is 44.2 Å². The molecule has 0 bridgehead atoms. The third-order valence-electron chi connectivity index (χ3n) is 7.42.